The second kappa shape index (κ2) is 10.1. The molecule has 1 atom stereocenters. The van der Waals surface area contributed by atoms with Gasteiger partial charge in [-0.1, -0.05) is 12.1 Å². The molecule has 9 heteroatoms. The van der Waals surface area contributed by atoms with Gasteiger partial charge in [0.05, 0.1) is 25.4 Å². The van der Waals surface area contributed by atoms with Gasteiger partial charge in [0.25, 0.3) is 5.91 Å². The number of rotatable bonds is 7. The summed E-state index contributed by atoms with van der Waals surface area (Å²) in [6.07, 6.45) is 4.17. The van der Waals surface area contributed by atoms with Crippen molar-refractivity contribution in [2.24, 2.45) is 0 Å². The monoisotopic (exact) mass is 521 g/mol. The Balaban J connectivity index is 0.974. The van der Waals surface area contributed by atoms with Crippen LogP contribution in [0.2, 0.25) is 0 Å². The zero-order chi connectivity index (χ0) is 26.3. The number of unbranched alkanes of at least 4 members (excludes halogenated alkanes) is 1. The third-order valence-electron chi connectivity index (χ3n) is 8.40. The first-order valence-electron chi connectivity index (χ1n) is 13.5. The van der Waals surface area contributed by atoms with Crippen LogP contribution in [-0.4, -0.2) is 59.8 Å². The second-order valence-corrected chi connectivity index (χ2v) is 10.7. The molecule has 2 aromatic carbocycles. The number of likely N-dealkylation sites (tertiary alicyclic amines) is 1. The molecule has 1 unspecified atom stereocenters. The van der Waals surface area contributed by atoms with E-state index in [0.717, 1.165) is 62.0 Å². The van der Waals surface area contributed by atoms with Crippen LogP contribution in [0.4, 0.5) is 4.39 Å². The molecule has 1 spiro atoms. The zero-order valence-corrected chi connectivity index (χ0v) is 21.3. The van der Waals surface area contributed by atoms with Crippen LogP contribution in [0.15, 0.2) is 36.4 Å². The van der Waals surface area contributed by atoms with Gasteiger partial charge in [-0.05, 0) is 74.0 Å². The molecule has 4 aliphatic heterocycles. The number of amides is 3. The van der Waals surface area contributed by atoms with Gasteiger partial charge in [0, 0.05) is 30.6 Å². The molecule has 0 radical (unpaired) electrons. The average Bonchev–Trinajstić information content (AvgIpc) is 3.43. The minimum atomic E-state index is -0.633. The van der Waals surface area contributed by atoms with Crippen molar-refractivity contribution in [3.63, 3.8) is 0 Å². The van der Waals surface area contributed by atoms with Gasteiger partial charge >= 0.3 is 0 Å². The fourth-order valence-electron chi connectivity index (χ4n) is 6.26. The van der Waals surface area contributed by atoms with Crippen LogP contribution >= 0.6 is 0 Å². The number of ether oxygens (including phenoxy) is 2. The van der Waals surface area contributed by atoms with E-state index in [4.69, 9.17) is 9.47 Å². The summed E-state index contributed by atoms with van der Waals surface area (Å²) in [5, 5.41) is 2.34. The van der Waals surface area contributed by atoms with E-state index in [9.17, 15) is 18.8 Å². The fourth-order valence-corrected chi connectivity index (χ4v) is 6.26. The van der Waals surface area contributed by atoms with Crippen molar-refractivity contribution in [2.75, 3.05) is 26.2 Å². The maximum Gasteiger partial charge on any atom is 0.255 e. The summed E-state index contributed by atoms with van der Waals surface area (Å²) in [5.74, 6) is -0.428. The Labute approximate surface area is 221 Å². The van der Waals surface area contributed by atoms with E-state index in [2.05, 4.69) is 10.2 Å². The van der Waals surface area contributed by atoms with Gasteiger partial charge in [-0.15, -0.1) is 0 Å². The Morgan fingerprint density at radius 2 is 1.95 bits per heavy atom. The van der Waals surface area contributed by atoms with Crippen molar-refractivity contribution in [1.82, 2.24) is 15.1 Å². The van der Waals surface area contributed by atoms with E-state index < -0.39 is 11.9 Å². The highest BCUT2D eigenvalue weighted by atomic mass is 19.1. The number of piperidine rings is 2. The van der Waals surface area contributed by atoms with Crippen LogP contribution < -0.4 is 10.1 Å². The van der Waals surface area contributed by atoms with Crippen LogP contribution in [0.5, 0.6) is 5.75 Å². The molecule has 2 aromatic rings. The smallest absolute Gasteiger partial charge is 0.255 e. The topological polar surface area (TPSA) is 88.2 Å². The molecule has 38 heavy (non-hydrogen) atoms. The number of carbonyl (C=O) groups excluding carboxylic acids is 3. The van der Waals surface area contributed by atoms with E-state index in [1.54, 1.807) is 23.1 Å². The van der Waals surface area contributed by atoms with Crippen LogP contribution in [-0.2, 0) is 33.1 Å². The number of carbonyl (C=O) groups is 3. The Bertz CT molecular complexity index is 1270. The van der Waals surface area contributed by atoms with Gasteiger partial charge in [0.2, 0.25) is 11.8 Å². The van der Waals surface area contributed by atoms with Gasteiger partial charge in [-0.3, -0.25) is 19.7 Å². The normalized spacial score (nSPS) is 22.5. The second-order valence-electron chi connectivity index (χ2n) is 10.7. The number of benzene rings is 2. The number of hydrogen-bond donors (Lipinski definition) is 1. The van der Waals surface area contributed by atoms with E-state index in [-0.39, 0.29) is 29.7 Å². The van der Waals surface area contributed by atoms with Crippen molar-refractivity contribution in [1.29, 1.82) is 0 Å². The molecule has 4 heterocycles. The third-order valence-corrected chi connectivity index (χ3v) is 8.40. The van der Waals surface area contributed by atoms with Gasteiger partial charge in [0.15, 0.2) is 0 Å². The van der Waals surface area contributed by atoms with Crippen LogP contribution in [0, 0.1) is 5.82 Å². The number of fused-ring (bicyclic) bond motifs is 3. The molecule has 0 aromatic heterocycles. The molecular weight excluding hydrogens is 489 g/mol. The van der Waals surface area contributed by atoms with Gasteiger partial charge in [0.1, 0.15) is 17.6 Å². The summed E-state index contributed by atoms with van der Waals surface area (Å²) in [4.78, 5) is 40.8. The van der Waals surface area contributed by atoms with Gasteiger partial charge in [-0.2, -0.15) is 0 Å². The van der Waals surface area contributed by atoms with E-state index >= 15 is 0 Å². The molecule has 0 bridgehead atoms. The van der Waals surface area contributed by atoms with Gasteiger partial charge < -0.3 is 19.3 Å². The first-order valence-corrected chi connectivity index (χ1v) is 13.5. The lowest BCUT2D eigenvalue weighted by Gasteiger charge is -2.39. The molecule has 1 N–H and O–H groups in total. The Kier molecular flexibility index (Phi) is 6.65. The highest BCUT2D eigenvalue weighted by molar-refractivity contribution is 6.05. The molecule has 2 saturated heterocycles. The summed E-state index contributed by atoms with van der Waals surface area (Å²) in [7, 11) is 0. The highest BCUT2D eigenvalue weighted by Crippen LogP contribution is 2.44. The lowest BCUT2D eigenvalue weighted by Crippen LogP contribution is -2.52. The molecule has 8 nitrogen and oxygen atoms in total. The molecule has 200 valence electrons. The largest absolute Gasteiger partial charge is 0.493 e. The van der Waals surface area contributed by atoms with Crippen molar-refractivity contribution < 1.29 is 28.2 Å². The number of hydrogen-bond acceptors (Lipinski definition) is 6. The van der Waals surface area contributed by atoms with Gasteiger partial charge in [-0.25, -0.2) is 4.39 Å². The van der Waals surface area contributed by atoms with Crippen molar-refractivity contribution in [2.45, 2.75) is 63.3 Å². The standard InChI is InChI=1S/C29H32FN3O5/c30-20-7-6-19-18-38-29(23(19)16-20)10-13-32(14-11-29)12-1-2-15-37-25-5-3-4-21-22(25)17-33(28(21)36)24-8-9-26(34)31-27(24)35/h3-7,16,24H,1-2,8-15,17-18H2,(H,31,34,35). The molecule has 3 amide bonds. The molecule has 6 rings (SSSR count). The van der Waals surface area contributed by atoms with Crippen LogP contribution in [0.3, 0.4) is 0 Å². The molecule has 0 aliphatic carbocycles. The Morgan fingerprint density at radius 3 is 2.76 bits per heavy atom. The minimum absolute atomic E-state index is 0.195. The lowest BCUT2D eigenvalue weighted by atomic mass is 9.83. The predicted molar refractivity (Wildman–Crippen MR) is 136 cm³/mol. The molecule has 0 saturated carbocycles. The number of nitrogens with one attached hydrogen (secondary N) is 1. The van der Waals surface area contributed by atoms with Crippen LogP contribution in [0.25, 0.3) is 0 Å². The summed E-state index contributed by atoms with van der Waals surface area (Å²) in [5.41, 5.74) is 3.15. The van der Waals surface area contributed by atoms with Crippen LogP contribution in [0.1, 0.15) is 65.6 Å². The Morgan fingerprint density at radius 1 is 1.11 bits per heavy atom. The summed E-state index contributed by atoms with van der Waals surface area (Å²) < 4.78 is 26.1. The predicted octanol–water partition coefficient (Wildman–Crippen LogP) is 3.27. The molecule has 2 fully saturated rings. The lowest BCUT2D eigenvalue weighted by molar-refractivity contribution is -0.136. The minimum Gasteiger partial charge on any atom is -0.493 e. The average molecular weight is 522 g/mol. The quantitative estimate of drug-likeness (QED) is 0.445. The van der Waals surface area contributed by atoms with Crippen molar-refractivity contribution in [3.05, 3.63) is 64.5 Å². The number of nitrogens with zero attached hydrogens (tertiary/aromatic N) is 2. The van der Waals surface area contributed by atoms with Crippen molar-refractivity contribution in [3.8, 4) is 5.75 Å². The highest BCUT2D eigenvalue weighted by Gasteiger charge is 2.43. The van der Waals surface area contributed by atoms with Crippen molar-refractivity contribution >= 4 is 17.7 Å². The summed E-state index contributed by atoms with van der Waals surface area (Å²) in [6, 6.07) is 9.80. The summed E-state index contributed by atoms with van der Waals surface area (Å²) in [6.45, 7) is 4.21. The number of halogens is 1. The maximum atomic E-state index is 13.8. The third kappa shape index (κ3) is 4.58. The molecule has 4 aliphatic rings. The Hall–Kier alpha value is -3.30. The van der Waals surface area contributed by atoms with E-state index in [1.807, 2.05) is 12.1 Å². The van der Waals surface area contributed by atoms with E-state index in [0.29, 0.717) is 37.5 Å². The SMILES string of the molecule is O=C1CCC(N2Cc3c(OCCCCN4CCC5(CC4)OCc4ccc(F)cc45)cccc3C2=O)C(=O)N1. The fraction of sp³-hybridized carbons (Fsp3) is 0.483. The van der Waals surface area contributed by atoms with E-state index in [1.165, 1.54) is 6.07 Å². The first-order chi connectivity index (χ1) is 18.4. The molecular formula is C29H32FN3O5. The zero-order valence-electron chi connectivity index (χ0n) is 21.3. The number of imide groups is 1. The summed E-state index contributed by atoms with van der Waals surface area (Å²) >= 11 is 0. The first kappa shape index (κ1) is 25.0. The maximum absolute atomic E-state index is 13.8.